The molecule has 1 aliphatic heterocycles. The molecule has 1 heterocycles. The second-order valence-corrected chi connectivity index (χ2v) is 5.81. The van der Waals surface area contributed by atoms with Crippen LogP contribution >= 0.6 is 0 Å². The van der Waals surface area contributed by atoms with Gasteiger partial charge < -0.3 is 0 Å². The van der Waals surface area contributed by atoms with Crippen molar-refractivity contribution in [3.8, 4) is 0 Å². The minimum Gasteiger partial charge on any atom is -0.295 e. The first-order chi connectivity index (χ1) is 10.2. The zero-order valence-corrected chi connectivity index (χ0v) is 12.1. The Morgan fingerprint density at radius 1 is 1.19 bits per heavy atom. The molecule has 110 valence electrons. The molecule has 1 aromatic rings. The zero-order chi connectivity index (χ0) is 14.7. The van der Waals surface area contributed by atoms with Gasteiger partial charge in [0.15, 0.2) is 5.78 Å². The van der Waals surface area contributed by atoms with E-state index in [1.165, 1.54) is 24.1 Å². The molecule has 0 atom stereocenters. The molecule has 0 unspecified atom stereocenters. The van der Waals surface area contributed by atoms with Gasteiger partial charge in [0.2, 0.25) is 0 Å². The largest absolute Gasteiger partial charge is 0.295 e. The molecule has 0 saturated carbocycles. The average molecular weight is 285 g/mol. The van der Waals surface area contributed by atoms with Crippen LogP contribution in [0.5, 0.6) is 0 Å². The van der Waals surface area contributed by atoms with Gasteiger partial charge in [-0.25, -0.2) is 4.39 Å². The molecule has 0 N–H and O–H groups in total. The Bertz CT molecular complexity index is 586. The minimum absolute atomic E-state index is 0.104. The molecule has 0 amide bonds. The van der Waals surface area contributed by atoms with Crippen LogP contribution < -0.4 is 0 Å². The summed E-state index contributed by atoms with van der Waals surface area (Å²) in [6, 6.07) is 5.83. The van der Waals surface area contributed by atoms with Gasteiger partial charge in [-0.2, -0.15) is 0 Å². The van der Waals surface area contributed by atoms with Crippen LogP contribution in [-0.4, -0.2) is 30.3 Å². The quantitative estimate of drug-likeness (QED) is 0.768. The van der Waals surface area contributed by atoms with E-state index in [4.69, 9.17) is 0 Å². The number of halogens is 1. The third-order valence-corrected chi connectivity index (χ3v) is 4.24. The molecule has 1 aliphatic carbocycles. The summed E-state index contributed by atoms with van der Waals surface area (Å²) in [5.74, 6) is -0.194. The first-order valence-corrected chi connectivity index (χ1v) is 7.61. The van der Waals surface area contributed by atoms with Gasteiger partial charge >= 0.3 is 0 Å². The Morgan fingerprint density at radius 2 is 2.00 bits per heavy atom. The number of ketones is 1. The lowest BCUT2D eigenvalue weighted by Crippen LogP contribution is -2.23. The van der Waals surface area contributed by atoms with Gasteiger partial charge in [0.25, 0.3) is 0 Å². The summed E-state index contributed by atoms with van der Waals surface area (Å²) in [7, 11) is 0. The fourth-order valence-corrected chi connectivity index (χ4v) is 3.07. The van der Waals surface area contributed by atoms with Crippen LogP contribution in [0.25, 0.3) is 0 Å². The summed E-state index contributed by atoms with van der Waals surface area (Å²) in [6.07, 6.45) is 8.25. The predicted molar refractivity (Wildman–Crippen MR) is 81.8 cm³/mol. The van der Waals surface area contributed by atoms with Gasteiger partial charge in [-0.05, 0) is 55.6 Å². The van der Waals surface area contributed by atoms with Gasteiger partial charge in [0, 0.05) is 25.1 Å². The topological polar surface area (TPSA) is 20.3 Å². The van der Waals surface area contributed by atoms with Crippen LogP contribution in [0, 0.1) is 5.82 Å². The average Bonchev–Trinajstić information content (AvgIpc) is 2.90. The molecule has 0 spiro atoms. The van der Waals surface area contributed by atoms with E-state index in [0.29, 0.717) is 12.0 Å². The molecule has 0 bridgehead atoms. The highest BCUT2D eigenvalue weighted by molar-refractivity contribution is 5.95. The van der Waals surface area contributed by atoms with Gasteiger partial charge in [-0.1, -0.05) is 17.7 Å². The first kappa shape index (κ1) is 14.2. The maximum absolute atomic E-state index is 12.8. The van der Waals surface area contributed by atoms with Crippen molar-refractivity contribution < 1.29 is 9.18 Å². The van der Waals surface area contributed by atoms with Crippen LogP contribution in [0.15, 0.2) is 47.6 Å². The maximum Gasteiger partial charge on any atom is 0.162 e. The minimum atomic E-state index is -0.298. The number of hydrogen-bond acceptors (Lipinski definition) is 2. The van der Waals surface area contributed by atoms with Crippen LogP contribution in [-0.2, 0) is 0 Å². The van der Waals surface area contributed by atoms with Gasteiger partial charge in [-0.3, -0.25) is 9.69 Å². The summed E-state index contributed by atoms with van der Waals surface area (Å²) >= 11 is 0. The summed E-state index contributed by atoms with van der Waals surface area (Å²) < 4.78 is 12.8. The van der Waals surface area contributed by atoms with E-state index in [-0.39, 0.29) is 11.6 Å². The summed E-state index contributed by atoms with van der Waals surface area (Å²) in [5, 5.41) is 0. The van der Waals surface area contributed by atoms with Crippen molar-refractivity contribution in [2.24, 2.45) is 0 Å². The molecule has 2 nitrogen and oxygen atoms in total. The highest BCUT2D eigenvalue weighted by atomic mass is 19.1. The second kappa shape index (κ2) is 6.35. The van der Waals surface area contributed by atoms with Crippen molar-refractivity contribution in [3.05, 3.63) is 58.9 Å². The molecule has 0 radical (unpaired) electrons. The number of rotatable bonds is 5. The van der Waals surface area contributed by atoms with Crippen molar-refractivity contribution >= 4 is 5.78 Å². The van der Waals surface area contributed by atoms with Crippen LogP contribution in [0.4, 0.5) is 4.39 Å². The molecular formula is C18H20FNO. The standard InChI is InChI=1S/C18H20FNO/c19-17-9-7-14(8-10-17)18(21)6-3-11-20-12-15-4-1-2-5-16(15)13-20/h1,4,7-10H,2-3,5-6,11-13H2. The maximum atomic E-state index is 12.8. The third kappa shape index (κ3) is 3.48. The fourth-order valence-electron chi connectivity index (χ4n) is 3.07. The normalized spacial score (nSPS) is 18.1. The van der Waals surface area contributed by atoms with Gasteiger partial charge in [-0.15, -0.1) is 0 Å². The Morgan fingerprint density at radius 3 is 2.76 bits per heavy atom. The predicted octanol–water partition coefficient (Wildman–Crippen LogP) is 3.75. The smallest absolute Gasteiger partial charge is 0.162 e. The molecule has 0 saturated heterocycles. The van der Waals surface area contributed by atoms with Gasteiger partial charge in [0.05, 0.1) is 0 Å². The fraction of sp³-hybridized carbons (Fsp3) is 0.389. The summed E-state index contributed by atoms with van der Waals surface area (Å²) in [5.41, 5.74) is 3.66. The van der Waals surface area contributed by atoms with Crippen molar-refractivity contribution in [2.75, 3.05) is 19.6 Å². The van der Waals surface area contributed by atoms with E-state index < -0.39 is 0 Å². The number of benzene rings is 1. The first-order valence-electron chi connectivity index (χ1n) is 7.61. The van der Waals surface area contributed by atoms with Gasteiger partial charge in [0.1, 0.15) is 5.82 Å². The Labute approximate surface area is 125 Å². The van der Waals surface area contributed by atoms with E-state index in [9.17, 15) is 9.18 Å². The molecular weight excluding hydrogens is 265 g/mol. The summed E-state index contributed by atoms with van der Waals surface area (Å²) in [4.78, 5) is 14.4. The molecule has 3 heteroatoms. The molecule has 21 heavy (non-hydrogen) atoms. The monoisotopic (exact) mass is 285 g/mol. The van der Waals surface area contributed by atoms with Crippen LogP contribution in [0.1, 0.15) is 36.0 Å². The second-order valence-electron chi connectivity index (χ2n) is 5.81. The third-order valence-electron chi connectivity index (χ3n) is 4.24. The van der Waals surface area contributed by atoms with Crippen molar-refractivity contribution in [1.29, 1.82) is 0 Å². The highest BCUT2D eigenvalue weighted by Crippen LogP contribution is 2.26. The van der Waals surface area contributed by atoms with Crippen molar-refractivity contribution in [2.45, 2.75) is 25.7 Å². The zero-order valence-electron chi connectivity index (χ0n) is 12.1. The van der Waals surface area contributed by atoms with Crippen LogP contribution in [0.2, 0.25) is 0 Å². The number of hydrogen-bond donors (Lipinski definition) is 0. The number of allylic oxidation sites excluding steroid dienone is 1. The highest BCUT2D eigenvalue weighted by Gasteiger charge is 2.21. The Hall–Kier alpha value is -1.74. The molecule has 3 rings (SSSR count). The lowest BCUT2D eigenvalue weighted by molar-refractivity contribution is 0.0976. The number of Topliss-reactive ketones (excluding diaryl/α,β-unsaturated/α-hetero) is 1. The molecule has 0 aromatic heterocycles. The van der Waals surface area contributed by atoms with E-state index in [1.54, 1.807) is 17.7 Å². The number of carbonyl (C=O) groups is 1. The Balaban J connectivity index is 1.44. The lowest BCUT2D eigenvalue weighted by atomic mass is 10.0. The van der Waals surface area contributed by atoms with E-state index in [0.717, 1.165) is 32.5 Å². The molecule has 2 aliphatic rings. The van der Waals surface area contributed by atoms with E-state index >= 15 is 0 Å². The number of nitrogens with zero attached hydrogens (tertiary/aromatic N) is 1. The molecule has 0 fully saturated rings. The number of carbonyl (C=O) groups excluding carboxylic acids is 1. The van der Waals surface area contributed by atoms with Crippen LogP contribution in [0.3, 0.4) is 0 Å². The summed E-state index contributed by atoms with van der Waals surface area (Å²) in [6.45, 7) is 3.04. The lowest BCUT2D eigenvalue weighted by Gasteiger charge is -2.15. The van der Waals surface area contributed by atoms with Crippen molar-refractivity contribution in [3.63, 3.8) is 0 Å². The van der Waals surface area contributed by atoms with Crippen molar-refractivity contribution in [1.82, 2.24) is 4.90 Å². The SMILES string of the molecule is O=C(CCCN1CC2=C(CCC=C2)C1)c1ccc(F)cc1. The molecule has 1 aromatic carbocycles. The van der Waals surface area contributed by atoms with E-state index in [1.807, 2.05) is 0 Å². The van der Waals surface area contributed by atoms with E-state index in [2.05, 4.69) is 17.1 Å². The Kier molecular flexibility index (Phi) is 4.30.